The van der Waals surface area contributed by atoms with Crippen molar-refractivity contribution in [3.8, 4) is 0 Å². The molecule has 1 aliphatic rings. The second kappa shape index (κ2) is 7.62. The van der Waals surface area contributed by atoms with E-state index in [0.717, 1.165) is 42.6 Å². The molecule has 0 N–H and O–H groups in total. The van der Waals surface area contributed by atoms with Crippen LogP contribution in [0.15, 0.2) is 18.2 Å². The number of benzene rings is 1. The highest BCUT2D eigenvalue weighted by Gasteiger charge is 2.27. The van der Waals surface area contributed by atoms with Crippen molar-refractivity contribution in [1.29, 1.82) is 0 Å². The molecule has 0 spiro atoms. The van der Waals surface area contributed by atoms with Gasteiger partial charge in [0.2, 0.25) is 11.8 Å². The maximum Gasteiger partial charge on any atom is 0.242 e. The van der Waals surface area contributed by atoms with Gasteiger partial charge < -0.3 is 9.80 Å². The summed E-state index contributed by atoms with van der Waals surface area (Å²) in [4.78, 5) is 28.4. The predicted molar refractivity (Wildman–Crippen MR) is 93.6 cm³/mol. The van der Waals surface area contributed by atoms with Crippen molar-refractivity contribution in [3.63, 3.8) is 0 Å². The maximum absolute atomic E-state index is 12.8. The highest BCUT2D eigenvalue weighted by atomic mass is 16.2. The molecule has 126 valence electrons. The van der Waals surface area contributed by atoms with Crippen molar-refractivity contribution < 1.29 is 9.59 Å². The number of nitrogens with zero attached hydrogens (tertiary/aromatic N) is 2. The summed E-state index contributed by atoms with van der Waals surface area (Å²) < 4.78 is 0. The van der Waals surface area contributed by atoms with Crippen molar-refractivity contribution in [3.05, 3.63) is 29.3 Å². The van der Waals surface area contributed by atoms with Gasteiger partial charge in [0.05, 0.1) is 0 Å². The molecule has 1 aromatic carbocycles. The van der Waals surface area contributed by atoms with Gasteiger partial charge in [-0.2, -0.15) is 0 Å². The van der Waals surface area contributed by atoms with Crippen LogP contribution in [0.3, 0.4) is 0 Å². The summed E-state index contributed by atoms with van der Waals surface area (Å²) in [6.45, 7) is 8.62. The first-order valence-corrected chi connectivity index (χ1v) is 8.58. The molecule has 0 saturated carbocycles. The molecule has 1 saturated heterocycles. The topological polar surface area (TPSA) is 40.6 Å². The van der Waals surface area contributed by atoms with Gasteiger partial charge in [-0.15, -0.1) is 0 Å². The minimum atomic E-state index is -0.0894. The van der Waals surface area contributed by atoms with Crippen LogP contribution in [-0.4, -0.2) is 35.8 Å². The van der Waals surface area contributed by atoms with Gasteiger partial charge in [0.1, 0.15) is 6.54 Å². The number of hydrogen-bond donors (Lipinski definition) is 0. The Morgan fingerprint density at radius 1 is 1.17 bits per heavy atom. The molecular formula is C19H28N2O2. The van der Waals surface area contributed by atoms with Crippen molar-refractivity contribution in [2.45, 2.75) is 59.4 Å². The fraction of sp³-hybridized carbons (Fsp3) is 0.579. The fourth-order valence-electron chi connectivity index (χ4n) is 3.47. The zero-order chi connectivity index (χ0) is 17.0. The molecule has 2 amide bonds. The Bertz CT molecular complexity index is 562. The summed E-state index contributed by atoms with van der Waals surface area (Å²) in [6.07, 6.45) is 4.31. The van der Waals surface area contributed by atoms with Gasteiger partial charge in [0, 0.05) is 25.2 Å². The smallest absolute Gasteiger partial charge is 0.242 e. The van der Waals surface area contributed by atoms with Crippen LogP contribution >= 0.6 is 0 Å². The van der Waals surface area contributed by atoms with E-state index >= 15 is 0 Å². The van der Waals surface area contributed by atoms with Crippen LogP contribution in [0.1, 0.15) is 50.7 Å². The van der Waals surface area contributed by atoms with E-state index in [-0.39, 0.29) is 18.4 Å². The third-order valence-corrected chi connectivity index (χ3v) is 4.61. The number of hydrogen-bond acceptors (Lipinski definition) is 2. The summed E-state index contributed by atoms with van der Waals surface area (Å²) in [5.74, 6) is -0.0284. The van der Waals surface area contributed by atoms with E-state index in [4.69, 9.17) is 0 Å². The summed E-state index contributed by atoms with van der Waals surface area (Å²) in [6, 6.07) is 6.33. The number of likely N-dealkylation sites (tertiary alicyclic amines) is 1. The summed E-state index contributed by atoms with van der Waals surface area (Å²) >= 11 is 0. The van der Waals surface area contributed by atoms with E-state index in [1.165, 1.54) is 13.3 Å². The normalized spacial score (nSPS) is 17.9. The molecule has 1 aromatic rings. The fourth-order valence-corrected chi connectivity index (χ4v) is 3.47. The van der Waals surface area contributed by atoms with Crippen molar-refractivity contribution in [2.24, 2.45) is 0 Å². The number of anilines is 1. The molecule has 2 rings (SSSR count). The number of piperidine rings is 1. The Labute approximate surface area is 139 Å². The van der Waals surface area contributed by atoms with Crippen LogP contribution in [0.4, 0.5) is 5.69 Å². The molecule has 4 heteroatoms. The van der Waals surface area contributed by atoms with E-state index in [2.05, 4.69) is 13.0 Å². The zero-order valence-corrected chi connectivity index (χ0v) is 14.8. The van der Waals surface area contributed by atoms with Gasteiger partial charge in [0.15, 0.2) is 0 Å². The van der Waals surface area contributed by atoms with E-state index in [1.807, 2.05) is 30.9 Å². The van der Waals surface area contributed by atoms with Crippen LogP contribution in [0.2, 0.25) is 0 Å². The molecule has 23 heavy (non-hydrogen) atoms. The number of carbonyl (C=O) groups is 2. The van der Waals surface area contributed by atoms with E-state index < -0.39 is 0 Å². The van der Waals surface area contributed by atoms with Gasteiger partial charge in [-0.05, 0) is 62.8 Å². The van der Waals surface area contributed by atoms with Crippen LogP contribution in [0.5, 0.6) is 0 Å². The molecule has 1 unspecified atom stereocenters. The average Bonchev–Trinajstić information content (AvgIpc) is 2.51. The quantitative estimate of drug-likeness (QED) is 0.853. The Hall–Kier alpha value is -1.84. The highest BCUT2D eigenvalue weighted by Crippen LogP contribution is 2.22. The minimum absolute atomic E-state index is 0.0610. The number of amides is 2. The maximum atomic E-state index is 12.8. The van der Waals surface area contributed by atoms with Crippen molar-refractivity contribution >= 4 is 17.5 Å². The second-order valence-electron chi connectivity index (χ2n) is 6.60. The standard InChI is InChI=1S/C19H28N2O2/c1-5-17-8-6-7-9-20(17)19(23)13-21(16(4)22)18-11-14(2)10-15(3)12-18/h10-12,17H,5-9,13H2,1-4H3. The van der Waals surface area contributed by atoms with Crippen molar-refractivity contribution in [1.82, 2.24) is 4.90 Å². The monoisotopic (exact) mass is 316 g/mol. The van der Waals surface area contributed by atoms with Gasteiger partial charge in [-0.25, -0.2) is 0 Å². The minimum Gasteiger partial charge on any atom is -0.338 e. The average molecular weight is 316 g/mol. The molecule has 4 nitrogen and oxygen atoms in total. The van der Waals surface area contributed by atoms with Gasteiger partial charge in [0.25, 0.3) is 0 Å². The van der Waals surface area contributed by atoms with Crippen LogP contribution in [0.25, 0.3) is 0 Å². The number of aryl methyl sites for hydroxylation is 2. The predicted octanol–water partition coefficient (Wildman–Crippen LogP) is 3.45. The Balaban J connectivity index is 2.18. The lowest BCUT2D eigenvalue weighted by molar-refractivity contribution is -0.134. The molecule has 0 bridgehead atoms. The first-order valence-electron chi connectivity index (χ1n) is 8.58. The molecule has 0 aromatic heterocycles. The number of carbonyl (C=O) groups excluding carboxylic acids is 2. The SMILES string of the molecule is CCC1CCCCN1C(=O)CN(C(C)=O)c1cc(C)cc(C)c1. The van der Waals surface area contributed by atoms with Gasteiger partial charge in [-0.1, -0.05) is 13.0 Å². The zero-order valence-electron chi connectivity index (χ0n) is 14.8. The molecule has 1 atom stereocenters. The van der Waals surface area contributed by atoms with Crippen LogP contribution < -0.4 is 4.90 Å². The Morgan fingerprint density at radius 2 is 1.83 bits per heavy atom. The summed E-state index contributed by atoms with van der Waals surface area (Å²) in [5.41, 5.74) is 3.01. The third kappa shape index (κ3) is 4.34. The molecule has 0 aliphatic carbocycles. The lowest BCUT2D eigenvalue weighted by Gasteiger charge is -2.36. The van der Waals surface area contributed by atoms with Crippen LogP contribution in [-0.2, 0) is 9.59 Å². The van der Waals surface area contributed by atoms with Gasteiger partial charge in [-0.3, -0.25) is 9.59 Å². The van der Waals surface area contributed by atoms with E-state index in [1.54, 1.807) is 4.90 Å². The summed E-state index contributed by atoms with van der Waals surface area (Å²) in [5, 5.41) is 0. The van der Waals surface area contributed by atoms with Crippen LogP contribution in [0, 0.1) is 13.8 Å². The molecule has 1 aliphatic heterocycles. The number of rotatable bonds is 4. The van der Waals surface area contributed by atoms with Crippen molar-refractivity contribution in [2.75, 3.05) is 18.0 Å². The lowest BCUT2D eigenvalue weighted by atomic mass is 10.00. The first-order chi connectivity index (χ1) is 10.9. The largest absolute Gasteiger partial charge is 0.338 e. The molecule has 1 fully saturated rings. The van der Waals surface area contributed by atoms with E-state index in [9.17, 15) is 9.59 Å². The first kappa shape index (κ1) is 17.5. The second-order valence-corrected chi connectivity index (χ2v) is 6.60. The van der Waals surface area contributed by atoms with E-state index in [0.29, 0.717) is 6.04 Å². The molecular weight excluding hydrogens is 288 g/mol. The molecule has 1 heterocycles. The highest BCUT2D eigenvalue weighted by molar-refractivity contribution is 5.97. The third-order valence-electron chi connectivity index (χ3n) is 4.61. The Morgan fingerprint density at radius 3 is 2.39 bits per heavy atom. The lowest BCUT2D eigenvalue weighted by Crippen LogP contribution is -2.48. The molecule has 0 radical (unpaired) electrons. The summed E-state index contributed by atoms with van der Waals surface area (Å²) in [7, 11) is 0. The van der Waals surface area contributed by atoms with Gasteiger partial charge >= 0.3 is 0 Å². The Kier molecular flexibility index (Phi) is 5.80.